The van der Waals surface area contributed by atoms with Crippen LogP contribution in [0.3, 0.4) is 0 Å². The van der Waals surface area contributed by atoms with Crippen molar-refractivity contribution >= 4 is 56.7 Å². The van der Waals surface area contributed by atoms with E-state index in [2.05, 4.69) is 15.3 Å². The van der Waals surface area contributed by atoms with Gasteiger partial charge in [0.25, 0.3) is 0 Å². The maximum atomic E-state index is 13.4. The number of hydrogen-bond acceptors (Lipinski definition) is 5. The van der Waals surface area contributed by atoms with Crippen LogP contribution in [0.15, 0.2) is 54.9 Å². The molecule has 0 amide bonds. The van der Waals surface area contributed by atoms with E-state index < -0.39 is 23.9 Å². The van der Waals surface area contributed by atoms with Gasteiger partial charge in [-0.1, -0.05) is 17.7 Å². The lowest BCUT2D eigenvalue weighted by Crippen LogP contribution is -2.21. The number of halogens is 5. The van der Waals surface area contributed by atoms with Gasteiger partial charge in [0.05, 0.1) is 16.1 Å². The number of fused-ring (bicyclic) bond motifs is 3. The van der Waals surface area contributed by atoms with E-state index in [1.807, 2.05) is 0 Å². The van der Waals surface area contributed by atoms with Crippen LogP contribution in [0.1, 0.15) is 10.4 Å². The number of hydrogen-bond donors (Lipinski definition) is 3. The minimum Gasteiger partial charge on any atom is -0.478 e. The molecule has 33 heavy (non-hydrogen) atoms. The quantitative estimate of drug-likeness (QED) is 0.256. The molecule has 12 heteroatoms. The second-order valence-electron chi connectivity index (χ2n) is 6.48. The Balaban J connectivity index is 0.000000383. The molecule has 2 heterocycles. The predicted molar refractivity (Wildman–Crippen MR) is 112 cm³/mol. The third-order valence-electron chi connectivity index (χ3n) is 4.27. The van der Waals surface area contributed by atoms with Crippen LogP contribution in [0.4, 0.5) is 29.1 Å². The zero-order valence-corrected chi connectivity index (χ0v) is 16.9. The Labute approximate surface area is 187 Å². The third-order valence-corrected chi connectivity index (χ3v) is 4.56. The molecule has 2 aromatic carbocycles. The summed E-state index contributed by atoms with van der Waals surface area (Å²) in [7, 11) is 0. The summed E-state index contributed by atoms with van der Waals surface area (Å²) in [5.41, 5.74) is 1.22. The number of aliphatic carboxylic acids is 1. The van der Waals surface area contributed by atoms with Gasteiger partial charge in [-0.15, -0.1) is 0 Å². The molecule has 0 spiro atoms. The van der Waals surface area contributed by atoms with Crippen molar-refractivity contribution in [3.63, 3.8) is 0 Å². The summed E-state index contributed by atoms with van der Waals surface area (Å²) in [6.07, 6.45) is -1.74. The van der Waals surface area contributed by atoms with Gasteiger partial charge in [-0.3, -0.25) is 4.98 Å². The summed E-state index contributed by atoms with van der Waals surface area (Å²) in [4.78, 5) is 28.9. The van der Waals surface area contributed by atoms with Crippen molar-refractivity contribution in [2.75, 3.05) is 5.32 Å². The van der Waals surface area contributed by atoms with Crippen molar-refractivity contribution < 1.29 is 37.4 Å². The largest absolute Gasteiger partial charge is 0.490 e. The molecule has 0 unspecified atom stereocenters. The molecule has 0 aliphatic rings. The molecule has 4 rings (SSSR count). The number of nitrogens with one attached hydrogen (secondary N) is 1. The number of pyridine rings is 2. The maximum Gasteiger partial charge on any atom is 0.490 e. The van der Waals surface area contributed by atoms with Crippen molar-refractivity contribution in [1.29, 1.82) is 0 Å². The molecular weight excluding hydrogens is 470 g/mol. The van der Waals surface area contributed by atoms with E-state index >= 15 is 0 Å². The second kappa shape index (κ2) is 9.25. The number of nitrogens with zero attached hydrogens (tertiary/aromatic N) is 2. The van der Waals surface area contributed by atoms with E-state index in [-0.39, 0.29) is 10.6 Å². The van der Waals surface area contributed by atoms with Gasteiger partial charge >= 0.3 is 18.1 Å². The van der Waals surface area contributed by atoms with E-state index in [9.17, 15) is 27.5 Å². The Bertz CT molecular complexity index is 1380. The van der Waals surface area contributed by atoms with Gasteiger partial charge in [0, 0.05) is 34.2 Å². The topological polar surface area (TPSA) is 112 Å². The van der Waals surface area contributed by atoms with Crippen LogP contribution in [-0.4, -0.2) is 38.3 Å². The van der Waals surface area contributed by atoms with Crippen molar-refractivity contribution in [2.24, 2.45) is 0 Å². The minimum atomic E-state index is -5.08. The van der Waals surface area contributed by atoms with Gasteiger partial charge in [0.2, 0.25) is 0 Å². The molecule has 0 saturated heterocycles. The molecular formula is C21H12ClF4N3O4. The normalized spacial score (nSPS) is 11.1. The van der Waals surface area contributed by atoms with E-state index in [4.69, 9.17) is 21.5 Å². The summed E-state index contributed by atoms with van der Waals surface area (Å²) in [5, 5.41) is 21.9. The number of anilines is 2. The van der Waals surface area contributed by atoms with Crippen molar-refractivity contribution in [2.45, 2.75) is 6.18 Å². The maximum absolute atomic E-state index is 13.4. The zero-order valence-electron chi connectivity index (χ0n) is 16.2. The molecule has 7 nitrogen and oxygen atoms in total. The molecule has 4 aromatic rings. The van der Waals surface area contributed by atoms with Gasteiger partial charge < -0.3 is 15.5 Å². The van der Waals surface area contributed by atoms with Gasteiger partial charge in [-0.05, 0) is 36.4 Å². The standard InChI is InChI=1S/C19H11ClFN3O2.C2HF3O2/c20-15-8-11(2-4-16(15)21)23-18-13-5-6-22-9-14(13)12-3-1-10(19(25)26)7-17(12)24-18;3-2(4,5)1(6)7/h1-9H,(H,23,24)(H,25,26);(H,6,7). The summed E-state index contributed by atoms with van der Waals surface area (Å²) < 4.78 is 45.1. The Kier molecular flexibility index (Phi) is 6.63. The molecule has 0 radical (unpaired) electrons. The van der Waals surface area contributed by atoms with Crippen LogP contribution in [0.25, 0.3) is 21.7 Å². The van der Waals surface area contributed by atoms with E-state index in [1.54, 1.807) is 30.6 Å². The number of alkyl halides is 3. The fraction of sp³-hybridized carbons (Fsp3) is 0.0476. The molecule has 0 aliphatic carbocycles. The molecule has 0 aliphatic heterocycles. The number of aromatic nitrogens is 2. The lowest BCUT2D eigenvalue weighted by molar-refractivity contribution is -0.192. The van der Waals surface area contributed by atoms with Gasteiger partial charge in [0.1, 0.15) is 11.6 Å². The van der Waals surface area contributed by atoms with Crippen LogP contribution in [-0.2, 0) is 4.79 Å². The van der Waals surface area contributed by atoms with Crippen LogP contribution in [0.5, 0.6) is 0 Å². The van der Waals surface area contributed by atoms with Gasteiger partial charge in [-0.2, -0.15) is 13.2 Å². The summed E-state index contributed by atoms with van der Waals surface area (Å²) in [6.45, 7) is 0. The highest BCUT2D eigenvalue weighted by molar-refractivity contribution is 6.31. The van der Waals surface area contributed by atoms with Crippen molar-refractivity contribution in [3.8, 4) is 0 Å². The van der Waals surface area contributed by atoms with Gasteiger partial charge in [0.15, 0.2) is 0 Å². The lowest BCUT2D eigenvalue weighted by atomic mass is 10.1. The van der Waals surface area contributed by atoms with Crippen LogP contribution in [0, 0.1) is 5.82 Å². The van der Waals surface area contributed by atoms with Crippen molar-refractivity contribution in [3.05, 3.63) is 71.3 Å². The highest BCUT2D eigenvalue weighted by Gasteiger charge is 2.38. The fourth-order valence-electron chi connectivity index (χ4n) is 2.79. The van der Waals surface area contributed by atoms with Crippen LogP contribution in [0.2, 0.25) is 5.02 Å². The first-order valence-corrected chi connectivity index (χ1v) is 9.28. The number of rotatable bonds is 3. The first-order valence-electron chi connectivity index (χ1n) is 8.90. The number of carbonyl (C=O) groups is 2. The number of benzene rings is 2. The van der Waals surface area contributed by atoms with Gasteiger partial charge in [-0.25, -0.2) is 19.0 Å². The Morgan fingerprint density at radius 2 is 1.67 bits per heavy atom. The van der Waals surface area contributed by atoms with Crippen molar-refractivity contribution in [1.82, 2.24) is 9.97 Å². The minimum absolute atomic E-state index is 0.00470. The second-order valence-corrected chi connectivity index (χ2v) is 6.88. The summed E-state index contributed by atoms with van der Waals surface area (Å²) in [5.74, 6) is -3.80. The Morgan fingerprint density at radius 3 is 2.27 bits per heavy atom. The predicted octanol–water partition coefficient (Wildman–Crippen LogP) is 5.65. The fourth-order valence-corrected chi connectivity index (χ4v) is 2.97. The van der Waals surface area contributed by atoms with E-state index in [0.717, 1.165) is 16.2 Å². The Morgan fingerprint density at radius 1 is 0.970 bits per heavy atom. The number of carboxylic acid groups (broad SMARTS) is 2. The van der Waals surface area contributed by atoms with Crippen LogP contribution < -0.4 is 5.32 Å². The molecule has 0 atom stereocenters. The summed E-state index contributed by atoms with van der Waals surface area (Å²) >= 11 is 5.84. The average Bonchev–Trinajstić information content (AvgIpc) is 2.76. The first-order chi connectivity index (χ1) is 15.5. The van der Waals surface area contributed by atoms with Crippen LogP contribution >= 0.6 is 11.6 Å². The third kappa shape index (κ3) is 5.44. The summed E-state index contributed by atoms with van der Waals surface area (Å²) in [6, 6.07) is 10.8. The molecule has 0 bridgehead atoms. The first kappa shape index (κ1) is 23.7. The zero-order chi connectivity index (χ0) is 24.3. The molecule has 0 saturated carbocycles. The number of aromatic carboxylic acids is 1. The Hall–Kier alpha value is -3.99. The molecule has 0 fully saturated rings. The van der Waals surface area contributed by atoms with E-state index in [1.165, 1.54) is 24.3 Å². The SMILES string of the molecule is O=C(O)C(F)(F)F.O=C(O)c1ccc2c(c1)nc(Nc1ccc(F)c(Cl)c1)c1ccncc12. The average molecular weight is 482 g/mol. The highest BCUT2D eigenvalue weighted by atomic mass is 35.5. The monoisotopic (exact) mass is 481 g/mol. The smallest absolute Gasteiger partial charge is 0.478 e. The molecule has 2 aromatic heterocycles. The molecule has 170 valence electrons. The lowest BCUT2D eigenvalue weighted by Gasteiger charge is -2.12. The van der Waals surface area contributed by atoms with E-state index in [0.29, 0.717) is 17.0 Å². The highest BCUT2D eigenvalue weighted by Crippen LogP contribution is 2.31. The number of carboxylic acids is 2. The molecule has 3 N–H and O–H groups in total.